The van der Waals surface area contributed by atoms with Crippen molar-refractivity contribution < 1.29 is 4.74 Å². The topological polar surface area (TPSA) is 51.5 Å². The number of rotatable bonds is 1. The van der Waals surface area contributed by atoms with E-state index in [0.717, 1.165) is 29.0 Å². The van der Waals surface area contributed by atoms with E-state index in [1.54, 1.807) is 4.52 Å². The van der Waals surface area contributed by atoms with Crippen molar-refractivity contribution in [2.45, 2.75) is 6.10 Å². The maximum Gasteiger partial charge on any atom is 0.181 e. The average molecular weight is 283 g/mol. The van der Waals surface area contributed by atoms with Crippen molar-refractivity contribution in [2.24, 2.45) is 0 Å². The van der Waals surface area contributed by atoms with E-state index in [9.17, 15) is 0 Å². The van der Waals surface area contributed by atoms with Crippen LogP contribution in [0.15, 0.2) is 22.8 Å². The highest BCUT2D eigenvalue weighted by molar-refractivity contribution is 9.10. The van der Waals surface area contributed by atoms with Crippen LogP contribution in [0.4, 0.5) is 0 Å². The van der Waals surface area contributed by atoms with Crippen LogP contribution < -0.4 is 5.32 Å². The summed E-state index contributed by atoms with van der Waals surface area (Å²) in [7, 11) is 0. The van der Waals surface area contributed by atoms with Crippen molar-refractivity contribution in [1.82, 2.24) is 19.9 Å². The Morgan fingerprint density at radius 3 is 3.25 bits per heavy atom. The number of fused-ring (bicyclic) bond motifs is 1. The molecule has 84 valence electrons. The number of hydrogen-bond acceptors (Lipinski definition) is 4. The summed E-state index contributed by atoms with van der Waals surface area (Å²) in [5, 5.41) is 7.67. The van der Waals surface area contributed by atoms with Gasteiger partial charge in [0.1, 0.15) is 6.10 Å². The van der Waals surface area contributed by atoms with E-state index in [-0.39, 0.29) is 6.10 Å². The number of aromatic nitrogens is 3. The molecule has 1 atom stereocenters. The lowest BCUT2D eigenvalue weighted by Crippen LogP contribution is -2.33. The highest BCUT2D eigenvalue weighted by Crippen LogP contribution is 2.17. The highest BCUT2D eigenvalue weighted by atomic mass is 79.9. The van der Waals surface area contributed by atoms with Crippen LogP contribution in [0.5, 0.6) is 0 Å². The smallest absolute Gasteiger partial charge is 0.181 e. The second-order valence-electron chi connectivity index (χ2n) is 3.68. The van der Waals surface area contributed by atoms with Crippen LogP contribution >= 0.6 is 15.9 Å². The monoisotopic (exact) mass is 282 g/mol. The van der Waals surface area contributed by atoms with Crippen molar-refractivity contribution in [3.05, 3.63) is 28.6 Å². The van der Waals surface area contributed by atoms with Gasteiger partial charge in [0.25, 0.3) is 0 Å². The third-order valence-corrected chi connectivity index (χ3v) is 3.00. The molecule has 2 aromatic rings. The Hall–Kier alpha value is -0.980. The quantitative estimate of drug-likeness (QED) is 0.853. The first kappa shape index (κ1) is 10.2. The second-order valence-corrected chi connectivity index (χ2v) is 4.60. The summed E-state index contributed by atoms with van der Waals surface area (Å²) in [6, 6.07) is 3.88. The first-order chi connectivity index (χ1) is 7.83. The Balaban J connectivity index is 1.97. The Morgan fingerprint density at radius 1 is 1.50 bits per heavy atom. The first-order valence-corrected chi connectivity index (χ1v) is 5.96. The van der Waals surface area contributed by atoms with Crippen LogP contribution in [-0.2, 0) is 4.74 Å². The lowest BCUT2D eigenvalue weighted by molar-refractivity contribution is 0.0223. The zero-order valence-corrected chi connectivity index (χ0v) is 10.1. The molecule has 16 heavy (non-hydrogen) atoms. The molecule has 1 saturated heterocycles. The minimum Gasteiger partial charge on any atom is -0.367 e. The van der Waals surface area contributed by atoms with Gasteiger partial charge in [-0.15, -0.1) is 5.10 Å². The second kappa shape index (κ2) is 4.12. The van der Waals surface area contributed by atoms with Crippen molar-refractivity contribution in [3.63, 3.8) is 0 Å². The van der Waals surface area contributed by atoms with Gasteiger partial charge in [0, 0.05) is 23.8 Å². The van der Waals surface area contributed by atoms with Gasteiger partial charge in [-0.1, -0.05) is 0 Å². The fourth-order valence-electron chi connectivity index (χ4n) is 1.74. The fraction of sp³-hybridized carbons (Fsp3) is 0.400. The predicted molar refractivity (Wildman–Crippen MR) is 62.2 cm³/mol. The third kappa shape index (κ3) is 1.83. The average Bonchev–Trinajstić information content (AvgIpc) is 2.73. The number of ether oxygens (including phenoxy) is 1. The molecule has 0 spiro atoms. The van der Waals surface area contributed by atoms with Crippen LogP contribution in [-0.4, -0.2) is 34.3 Å². The van der Waals surface area contributed by atoms with Crippen molar-refractivity contribution in [1.29, 1.82) is 0 Å². The minimum atomic E-state index is -0.0348. The summed E-state index contributed by atoms with van der Waals surface area (Å²) in [4.78, 5) is 4.44. The molecule has 1 fully saturated rings. The van der Waals surface area contributed by atoms with Crippen LogP contribution in [0.2, 0.25) is 0 Å². The lowest BCUT2D eigenvalue weighted by Gasteiger charge is -2.20. The van der Waals surface area contributed by atoms with Gasteiger partial charge in [-0.05, 0) is 28.1 Å². The van der Waals surface area contributed by atoms with E-state index < -0.39 is 0 Å². The van der Waals surface area contributed by atoms with E-state index >= 15 is 0 Å². The largest absolute Gasteiger partial charge is 0.367 e. The molecule has 0 amide bonds. The zero-order valence-electron chi connectivity index (χ0n) is 8.56. The van der Waals surface area contributed by atoms with Crippen LogP contribution in [0.1, 0.15) is 11.9 Å². The van der Waals surface area contributed by atoms with E-state index in [4.69, 9.17) is 4.74 Å². The van der Waals surface area contributed by atoms with E-state index in [1.165, 1.54) is 0 Å². The number of halogens is 1. The van der Waals surface area contributed by atoms with Crippen LogP contribution in [0.25, 0.3) is 5.65 Å². The van der Waals surface area contributed by atoms with Gasteiger partial charge in [0.15, 0.2) is 11.5 Å². The fourth-order valence-corrected chi connectivity index (χ4v) is 2.07. The number of hydrogen-bond donors (Lipinski definition) is 1. The van der Waals surface area contributed by atoms with Gasteiger partial charge in [-0.25, -0.2) is 9.50 Å². The number of nitrogens with one attached hydrogen (secondary N) is 1. The highest BCUT2D eigenvalue weighted by Gasteiger charge is 2.20. The van der Waals surface area contributed by atoms with Gasteiger partial charge in [0.05, 0.1) is 6.61 Å². The van der Waals surface area contributed by atoms with Gasteiger partial charge in [-0.2, -0.15) is 0 Å². The standard InChI is InChI=1S/C10H11BrN4O/c11-7-1-2-9-13-10(14-15(9)6-7)8-5-12-3-4-16-8/h1-2,6,8,12H,3-5H2. The maximum absolute atomic E-state index is 5.61. The molecule has 0 bridgehead atoms. The molecule has 1 aliphatic heterocycles. The molecule has 0 aromatic carbocycles. The van der Waals surface area contributed by atoms with Crippen LogP contribution in [0, 0.1) is 0 Å². The summed E-state index contributed by atoms with van der Waals surface area (Å²) in [5.74, 6) is 0.741. The molecule has 0 radical (unpaired) electrons. The molecule has 1 aliphatic rings. The minimum absolute atomic E-state index is 0.0348. The molecular formula is C10H11BrN4O. The van der Waals surface area contributed by atoms with E-state index in [2.05, 4.69) is 31.3 Å². The van der Waals surface area contributed by atoms with Crippen molar-refractivity contribution in [3.8, 4) is 0 Å². The predicted octanol–water partition coefficient (Wildman–Crippen LogP) is 1.15. The molecule has 1 N–H and O–H groups in total. The summed E-state index contributed by atoms with van der Waals surface area (Å²) < 4.78 is 8.36. The number of morpholine rings is 1. The molecule has 0 aliphatic carbocycles. The Bertz CT molecular complexity index is 506. The Labute approximate surface area is 101 Å². The van der Waals surface area contributed by atoms with E-state index in [1.807, 2.05) is 18.3 Å². The Morgan fingerprint density at radius 2 is 2.44 bits per heavy atom. The van der Waals surface area contributed by atoms with Crippen molar-refractivity contribution >= 4 is 21.6 Å². The Kier molecular flexibility index (Phi) is 2.62. The first-order valence-electron chi connectivity index (χ1n) is 5.17. The summed E-state index contributed by atoms with van der Waals surface area (Å²) in [6.45, 7) is 2.39. The summed E-state index contributed by atoms with van der Waals surface area (Å²) >= 11 is 3.41. The van der Waals surface area contributed by atoms with Crippen LogP contribution in [0.3, 0.4) is 0 Å². The number of nitrogens with zero attached hydrogens (tertiary/aromatic N) is 3. The van der Waals surface area contributed by atoms with Gasteiger partial charge in [0.2, 0.25) is 0 Å². The van der Waals surface area contributed by atoms with Gasteiger partial charge in [-0.3, -0.25) is 0 Å². The van der Waals surface area contributed by atoms with Gasteiger partial charge >= 0.3 is 0 Å². The molecule has 3 heterocycles. The third-order valence-electron chi connectivity index (χ3n) is 2.53. The molecule has 1 unspecified atom stereocenters. The molecular weight excluding hydrogens is 272 g/mol. The van der Waals surface area contributed by atoms with Gasteiger partial charge < -0.3 is 10.1 Å². The molecule has 3 rings (SSSR count). The maximum atomic E-state index is 5.61. The zero-order chi connectivity index (χ0) is 11.0. The lowest BCUT2D eigenvalue weighted by atomic mass is 10.3. The molecule has 2 aromatic heterocycles. The molecule has 6 heteroatoms. The normalized spacial score (nSPS) is 21.4. The SMILES string of the molecule is Brc1ccc2nc(C3CNCCO3)nn2c1. The summed E-state index contributed by atoms with van der Waals surface area (Å²) in [5.41, 5.74) is 0.840. The number of pyridine rings is 1. The molecule has 5 nitrogen and oxygen atoms in total. The molecule has 0 saturated carbocycles. The summed E-state index contributed by atoms with van der Waals surface area (Å²) in [6.07, 6.45) is 1.86. The van der Waals surface area contributed by atoms with E-state index in [0.29, 0.717) is 6.61 Å². The van der Waals surface area contributed by atoms with Crippen molar-refractivity contribution in [2.75, 3.05) is 19.7 Å².